The number of piperidine rings is 1. The first-order chi connectivity index (χ1) is 11.2. The number of likely N-dealkylation sites (tertiary alicyclic amines) is 1. The molecular weight excluding hydrogens is 312 g/mol. The summed E-state index contributed by atoms with van der Waals surface area (Å²) in [4.78, 5) is 15.3. The Morgan fingerprint density at radius 3 is 2.96 bits per heavy atom. The number of aliphatic hydroxyl groups excluding tert-OH is 1. The van der Waals surface area contributed by atoms with E-state index >= 15 is 0 Å². The third kappa shape index (κ3) is 6.59. The van der Waals surface area contributed by atoms with Gasteiger partial charge in [0.15, 0.2) is 0 Å². The first-order valence-corrected chi connectivity index (χ1v) is 9.35. The number of nitrogens with one attached hydrogen (secondary N) is 1. The number of thiophene rings is 1. The molecule has 1 saturated heterocycles. The number of carbonyl (C=O) groups excluding carboxylic acids is 1. The van der Waals surface area contributed by atoms with E-state index < -0.39 is 6.10 Å². The normalized spacial score (nSPS) is 18.0. The van der Waals surface area contributed by atoms with Crippen LogP contribution in [0.15, 0.2) is 17.5 Å². The Labute approximate surface area is 142 Å². The van der Waals surface area contributed by atoms with Crippen molar-refractivity contribution in [3.63, 3.8) is 0 Å². The molecular formula is C17H28N2O3S. The molecule has 0 aliphatic carbocycles. The van der Waals surface area contributed by atoms with E-state index in [2.05, 4.69) is 17.1 Å². The molecule has 0 radical (unpaired) electrons. The molecule has 1 unspecified atom stereocenters. The van der Waals surface area contributed by atoms with Crippen molar-refractivity contribution in [3.05, 3.63) is 22.4 Å². The molecule has 1 amide bonds. The SMILES string of the molecule is CCCNC(=O)C1CCN(CC(O)COCc2cccs2)CC1. The molecule has 1 aliphatic heterocycles. The van der Waals surface area contributed by atoms with Crippen LogP contribution in [0, 0.1) is 5.92 Å². The molecule has 0 spiro atoms. The number of nitrogens with zero attached hydrogens (tertiary/aromatic N) is 1. The van der Waals surface area contributed by atoms with Gasteiger partial charge in [-0.25, -0.2) is 0 Å². The minimum absolute atomic E-state index is 0.130. The summed E-state index contributed by atoms with van der Waals surface area (Å²) in [5, 5.41) is 15.1. The molecule has 23 heavy (non-hydrogen) atoms. The summed E-state index contributed by atoms with van der Waals surface area (Å²) in [5.41, 5.74) is 0. The van der Waals surface area contributed by atoms with E-state index in [9.17, 15) is 9.90 Å². The highest BCUT2D eigenvalue weighted by molar-refractivity contribution is 7.09. The van der Waals surface area contributed by atoms with Crippen molar-refractivity contribution in [3.8, 4) is 0 Å². The summed E-state index contributed by atoms with van der Waals surface area (Å²) in [5.74, 6) is 0.316. The Bertz CT molecular complexity index is 445. The van der Waals surface area contributed by atoms with Crippen molar-refractivity contribution in [1.29, 1.82) is 0 Å². The van der Waals surface area contributed by atoms with Gasteiger partial charge in [0.2, 0.25) is 5.91 Å². The maximum atomic E-state index is 11.9. The average Bonchev–Trinajstić information content (AvgIpc) is 3.06. The van der Waals surface area contributed by atoms with Gasteiger partial charge in [0.25, 0.3) is 0 Å². The van der Waals surface area contributed by atoms with E-state index in [4.69, 9.17) is 4.74 Å². The molecule has 2 heterocycles. The van der Waals surface area contributed by atoms with Gasteiger partial charge in [0, 0.05) is 23.9 Å². The van der Waals surface area contributed by atoms with Gasteiger partial charge in [0.05, 0.1) is 19.3 Å². The second-order valence-electron chi connectivity index (χ2n) is 6.11. The summed E-state index contributed by atoms with van der Waals surface area (Å²) in [6, 6.07) is 4.03. The predicted molar refractivity (Wildman–Crippen MR) is 92.4 cm³/mol. The Hall–Kier alpha value is -0.950. The van der Waals surface area contributed by atoms with Gasteiger partial charge < -0.3 is 20.1 Å². The number of carbonyl (C=O) groups is 1. The van der Waals surface area contributed by atoms with Crippen LogP contribution in [0.5, 0.6) is 0 Å². The third-order valence-corrected chi connectivity index (χ3v) is 4.96. The Morgan fingerprint density at radius 2 is 2.30 bits per heavy atom. The molecule has 1 fully saturated rings. The van der Waals surface area contributed by atoms with Crippen LogP contribution in [0.25, 0.3) is 0 Å². The molecule has 0 saturated carbocycles. The van der Waals surface area contributed by atoms with Crippen molar-refractivity contribution in [2.24, 2.45) is 5.92 Å². The van der Waals surface area contributed by atoms with Gasteiger partial charge in [0.1, 0.15) is 0 Å². The fourth-order valence-electron chi connectivity index (χ4n) is 2.81. The standard InChI is InChI=1S/C17H28N2O3S/c1-2-7-18-17(21)14-5-8-19(9-6-14)11-15(20)12-22-13-16-4-3-10-23-16/h3-4,10,14-15,20H,2,5-9,11-13H2,1H3,(H,18,21). The highest BCUT2D eigenvalue weighted by Gasteiger charge is 2.25. The number of β-amino-alcohol motifs (C(OH)–C–C–N with tert-alkyl or cyclic N) is 1. The molecule has 130 valence electrons. The number of amides is 1. The minimum Gasteiger partial charge on any atom is -0.389 e. The molecule has 5 nitrogen and oxygen atoms in total. The van der Waals surface area contributed by atoms with E-state index in [0.717, 1.165) is 38.9 Å². The van der Waals surface area contributed by atoms with Crippen LogP contribution in [-0.4, -0.2) is 54.8 Å². The van der Waals surface area contributed by atoms with Crippen LogP contribution in [0.1, 0.15) is 31.1 Å². The maximum Gasteiger partial charge on any atom is 0.223 e. The van der Waals surface area contributed by atoms with Crippen molar-refractivity contribution in [1.82, 2.24) is 10.2 Å². The van der Waals surface area contributed by atoms with E-state index in [1.165, 1.54) is 4.88 Å². The summed E-state index contributed by atoms with van der Waals surface area (Å²) >= 11 is 1.66. The van der Waals surface area contributed by atoms with Crippen LogP contribution < -0.4 is 5.32 Å². The highest BCUT2D eigenvalue weighted by atomic mass is 32.1. The van der Waals surface area contributed by atoms with Crippen LogP contribution in [0.3, 0.4) is 0 Å². The van der Waals surface area contributed by atoms with Gasteiger partial charge in [-0.1, -0.05) is 13.0 Å². The lowest BCUT2D eigenvalue weighted by Gasteiger charge is -2.32. The molecule has 2 N–H and O–H groups in total. The zero-order chi connectivity index (χ0) is 16.5. The Kier molecular flexibility index (Phi) is 8.02. The lowest BCUT2D eigenvalue weighted by atomic mass is 9.95. The lowest BCUT2D eigenvalue weighted by Crippen LogP contribution is -2.43. The van der Waals surface area contributed by atoms with E-state index in [1.54, 1.807) is 11.3 Å². The number of hydrogen-bond acceptors (Lipinski definition) is 5. The first kappa shape index (κ1) is 18.4. The van der Waals surface area contributed by atoms with Crippen LogP contribution in [0.4, 0.5) is 0 Å². The Balaban J connectivity index is 1.58. The van der Waals surface area contributed by atoms with Gasteiger partial charge in [-0.2, -0.15) is 0 Å². The monoisotopic (exact) mass is 340 g/mol. The van der Waals surface area contributed by atoms with Gasteiger partial charge in [-0.15, -0.1) is 11.3 Å². The fraction of sp³-hybridized carbons (Fsp3) is 0.706. The molecule has 1 atom stereocenters. The summed E-state index contributed by atoms with van der Waals surface area (Å²) in [7, 11) is 0. The summed E-state index contributed by atoms with van der Waals surface area (Å²) in [6.07, 6.45) is 2.25. The molecule has 1 aliphatic rings. The molecule has 1 aromatic rings. The van der Waals surface area contributed by atoms with Crippen LogP contribution >= 0.6 is 11.3 Å². The van der Waals surface area contributed by atoms with Crippen molar-refractivity contribution in [2.45, 2.75) is 38.9 Å². The largest absolute Gasteiger partial charge is 0.389 e. The topological polar surface area (TPSA) is 61.8 Å². The summed E-state index contributed by atoms with van der Waals surface area (Å²) < 4.78 is 5.55. The number of ether oxygens (including phenoxy) is 1. The van der Waals surface area contributed by atoms with E-state index in [0.29, 0.717) is 19.8 Å². The number of hydrogen-bond donors (Lipinski definition) is 2. The molecule has 0 bridgehead atoms. The fourth-order valence-corrected chi connectivity index (χ4v) is 3.45. The lowest BCUT2D eigenvalue weighted by molar-refractivity contribution is -0.126. The average molecular weight is 340 g/mol. The Morgan fingerprint density at radius 1 is 1.52 bits per heavy atom. The van der Waals surface area contributed by atoms with E-state index in [-0.39, 0.29) is 11.8 Å². The molecule has 0 aromatic carbocycles. The van der Waals surface area contributed by atoms with Gasteiger partial charge in [-0.3, -0.25) is 4.79 Å². The van der Waals surface area contributed by atoms with Crippen molar-refractivity contribution < 1.29 is 14.6 Å². The molecule has 2 rings (SSSR count). The molecule has 1 aromatic heterocycles. The van der Waals surface area contributed by atoms with Gasteiger partial charge in [-0.05, 0) is 43.8 Å². The zero-order valence-electron chi connectivity index (χ0n) is 13.9. The van der Waals surface area contributed by atoms with Crippen LogP contribution in [-0.2, 0) is 16.1 Å². The smallest absolute Gasteiger partial charge is 0.223 e. The second-order valence-corrected chi connectivity index (χ2v) is 7.15. The summed E-state index contributed by atoms with van der Waals surface area (Å²) in [6.45, 7) is 6.10. The van der Waals surface area contributed by atoms with E-state index in [1.807, 2.05) is 17.5 Å². The number of rotatable bonds is 9. The number of aliphatic hydroxyl groups is 1. The highest BCUT2D eigenvalue weighted by Crippen LogP contribution is 2.17. The minimum atomic E-state index is -0.472. The quantitative estimate of drug-likeness (QED) is 0.720. The van der Waals surface area contributed by atoms with Crippen LogP contribution in [0.2, 0.25) is 0 Å². The zero-order valence-corrected chi connectivity index (χ0v) is 14.7. The molecule has 6 heteroatoms. The van der Waals surface area contributed by atoms with Gasteiger partial charge >= 0.3 is 0 Å². The maximum absolute atomic E-state index is 11.9. The second kappa shape index (κ2) is 10.0. The third-order valence-electron chi connectivity index (χ3n) is 4.11. The van der Waals surface area contributed by atoms with Crippen molar-refractivity contribution >= 4 is 17.2 Å². The first-order valence-electron chi connectivity index (χ1n) is 8.47. The van der Waals surface area contributed by atoms with Crippen molar-refractivity contribution in [2.75, 3.05) is 32.8 Å². The predicted octanol–water partition coefficient (Wildman–Crippen LogP) is 1.86.